The summed E-state index contributed by atoms with van der Waals surface area (Å²) in [6, 6.07) is 2.93. The molecule has 8 nitrogen and oxygen atoms in total. The van der Waals surface area contributed by atoms with Crippen LogP contribution in [-0.2, 0) is 4.74 Å². The van der Waals surface area contributed by atoms with Crippen molar-refractivity contribution in [2.24, 2.45) is 0 Å². The van der Waals surface area contributed by atoms with E-state index in [4.69, 9.17) is 21.9 Å². The zero-order chi connectivity index (χ0) is 15.4. The molecule has 0 bridgehead atoms. The lowest BCUT2D eigenvalue weighted by molar-refractivity contribution is 0.0527. The fraction of sp³-hybridized carbons (Fsp3) is 0.167. The number of nitrogens with two attached hydrogens (primary N) is 3. The van der Waals surface area contributed by atoms with Crippen molar-refractivity contribution in [2.45, 2.75) is 17.1 Å². The number of hydrogen-bond donors (Lipinski definition) is 3. The number of nitrogen functional groups attached to an aromatic ring is 3. The van der Waals surface area contributed by atoms with Crippen LogP contribution in [0.5, 0.6) is 0 Å². The van der Waals surface area contributed by atoms with Gasteiger partial charge in [-0.15, -0.1) is 0 Å². The van der Waals surface area contributed by atoms with Crippen molar-refractivity contribution in [3.8, 4) is 0 Å². The van der Waals surface area contributed by atoms with E-state index in [0.29, 0.717) is 10.2 Å². The Morgan fingerprint density at radius 1 is 1.29 bits per heavy atom. The summed E-state index contributed by atoms with van der Waals surface area (Å²) in [5.74, 6) is -0.0255. The third-order valence-corrected chi connectivity index (χ3v) is 3.27. The Morgan fingerprint density at radius 2 is 1.95 bits per heavy atom. The number of rotatable bonds is 4. The van der Waals surface area contributed by atoms with Crippen LogP contribution < -0.4 is 17.2 Å². The van der Waals surface area contributed by atoms with Gasteiger partial charge in [0.2, 0.25) is 0 Å². The Labute approximate surface area is 125 Å². The predicted octanol–water partition coefficient (Wildman–Crippen LogP) is 0.946. The van der Waals surface area contributed by atoms with Crippen LogP contribution in [-0.4, -0.2) is 27.5 Å². The average molecular weight is 306 g/mol. The molecule has 2 heterocycles. The van der Waals surface area contributed by atoms with Gasteiger partial charge in [0.15, 0.2) is 5.16 Å². The summed E-state index contributed by atoms with van der Waals surface area (Å²) in [4.78, 5) is 23.9. The molecule has 6 N–H and O–H groups in total. The summed E-state index contributed by atoms with van der Waals surface area (Å²) < 4.78 is 4.92. The third kappa shape index (κ3) is 3.51. The molecule has 110 valence electrons. The van der Waals surface area contributed by atoms with Gasteiger partial charge in [-0.2, -0.15) is 0 Å². The second-order valence-electron chi connectivity index (χ2n) is 3.90. The number of pyridine rings is 1. The first-order valence-electron chi connectivity index (χ1n) is 6.00. The maximum Gasteiger partial charge on any atom is 0.340 e. The summed E-state index contributed by atoms with van der Waals surface area (Å²) in [7, 11) is 0. The number of esters is 1. The number of ether oxygens (including phenoxy) is 1. The smallest absolute Gasteiger partial charge is 0.340 e. The Hall–Kier alpha value is -2.55. The van der Waals surface area contributed by atoms with Gasteiger partial charge in [-0.25, -0.2) is 19.7 Å². The van der Waals surface area contributed by atoms with Crippen molar-refractivity contribution in [3.63, 3.8) is 0 Å². The van der Waals surface area contributed by atoms with E-state index in [9.17, 15) is 4.79 Å². The van der Waals surface area contributed by atoms with E-state index in [0.717, 1.165) is 11.8 Å². The third-order valence-electron chi connectivity index (χ3n) is 2.38. The molecule has 0 unspecified atom stereocenters. The lowest BCUT2D eigenvalue weighted by Gasteiger charge is -2.08. The second kappa shape index (κ2) is 6.27. The van der Waals surface area contributed by atoms with E-state index < -0.39 is 5.97 Å². The van der Waals surface area contributed by atoms with Crippen LogP contribution >= 0.6 is 11.8 Å². The molecule has 21 heavy (non-hydrogen) atoms. The van der Waals surface area contributed by atoms with Crippen molar-refractivity contribution in [3.05, 3.63) is 23.9 Å². The zero-order valence-electron chi connectivity index (χ0n) is 11.2. The Balaban J connectivity index is 2.32. The van der Waals surface area contributed by atoms with Gasteiger partial charge in [0.1, 0.15) is 16.7 Å². The van der Waals surface area contributed by atoms with E-state index >= 15 is 0 Å². The number of nitrogens with zero attached hydrogens (tertiary/aromatic N) is 3. The van der Waals surface area contributed by atoms with Crippen LogP contribution in [0.4, 0.5) is 17.3 Å². The number of carbonyl (C=O) groups excluding carboxylic acids is 1. The average Bonchev–Trinajstić information content (AvgIpc) is 2.40. The van der Waals surface area contributed by atoms with Crippen molar-refractivity contribution >= 4 is 35.1 Å². The molecule has 0 aliphatic rings. The van der Waals surface area contributed by atoms with Gasteiger partial charge in [0, 0.05) is 12.3 Å². The molecular formula is C12H14N6O2S. The predicted molar refractivity (Wildman–Crippen MR) is 79.6 cm³/mol. The van der Waals surface area contributed by atoms with Crippen LogP contribution in [0.3, 0.4) is 0 Å². The Kier molecular flexibility index (Phi) is 4.43. The Bertz CT molecular complexity index is 659. The van der Waals surface area contributed by atoms with Gasteiger partial charge in [-0.3, -0.25) is 0 Å². The van der Waals surface area contributed by atoms with Crippen LogP contribution in [0, 0.1) is 0 Å². The van der Waals surface area contributed by atoms with Crippen molar-refractivity contribution in [1.82, 2.24) is 15.0 Å². The molecular weight excluding hydrogens is 292 g/mol. The highest BCUT2D eigenvalue weighted by Gasteiger charge is 2.16. The minimum Gasteiger partial charge on any atom is -0.462 e. The van der Waals surface area contributed by atoms with Gasteiger partial charge < -0.3 is 21.9 Å². The van der Waals surface area contributed by atoms with Crippen LogP contribution in [0.15, 0.2) is 28.5 Å². The topological polar surface area (TPSA) is 143 Å². The van der Waals surface area contributed by atoms with Gasteiger partial charge in [-0.05, 0) is 24.8 Å². The lowest BCUT2D eigenvalue weighted by atomic mass is 10.2. The number of hydrogen-bond acceptors (Lipinski definition) is 9. The molecule has 2 aromatic rings. The van der Waals surface area contributed by atoms with Crippen LogP contribution in [0.25, 0.3) is 0 Å². The van der Waals surface area contributed by atoms with E-state index in [-0.39, 0.29) is 29.5 Å². The molecule has 9 heteroatoms. The minimum atomic E-state index is -0.507. The molecule has 0 fully saturated rings. The second-order valence-corrected chi connectivity index (χ2v) is 4.86. The van der Waals surface area contributed by atoms with Crippen molar-refractivity contribution < 1.29 is 9.53 Å². The molecule has 0 aliphatic carbocycles. The molecule has 2 rings (SSSR count). The van der Waals surface area contributed by atoms with Crippen molar-refractivity contribution in [1.29, 1.82) is 0 Å². The summed E-state index contributed by atoms with van der Waals surface area (Å²) in [6.07, 6.45) is 1.46. The molecule has 0 radical (unpaired) electrons. The van der Waals surface area contributed by atoms with Gasteiger partial charge in [0.25, 0.3) is 0 Å². The van der Waals surface area contributed by atoms with Gasteiger partial charge in [0.05, 0.1) is 17.9 Å². The van der Waals surface area contributed by atoms with Gasteiger partial charge in [-0.1, -0.05) is 0 Å². The summed E-state index contributed by atoms with van der Waals surface area (Å²) in [6.45, 7) is 1.98. The largest absolute Gasteiger partial charge is 0.462 e. The highest BCUT2D eigenvalue weighted by atomic mass is 32.2. The number of aromatic nitrogens is 3. The fourth-order valence-corrected chi connectivity index (χ4v) is 2.32. The monoisotopic (exact) mass is 306 g/mol. The lowest BCUT2D eigenvalue weighted by Crippen LogP contribution is -2.09. The standard InChI is InChI=1S/C12H14N6O2S/c1-2-20-11(19)6-3-4-16-10(9(6)15)21-12-17-7(13)5-8(14)18-12/h3-5H,2,15H2,1H3,(H4,13,14,17,18). The summed E-state index contributed by atoms with van der Waals surface area (Å²) >= 11 is 1.07. The van der Waals surface area contributed by atoms with E-state index in [1.165, 1.54) is 18.3 Å². The molecule has 2 aromatic heterocycles. The van der Waals surface area contributed by atoms with E-state index in [2.05, 4.69) is 15.0 Å². The first-order chi connectivity index (χ1) is 10.0. The maximum atomic E-state index is 11.8. The fourth-order valence-electron chi connectivity index (χ4n) is 1.52. The number of carbonyl (C=O) groups is 1. The van der Waals surface area contributed by atoms with E-state index in [1.807, 2.05) is 0 Å². The quantitative estimate of drug-likeness (QED) is 0.555. The molecule has 0 amide bonds. The highest BCUT2D eigenvalue weighted by Crippen LogP contribution is 2.30. The normalized spacial score (nSPS) is 10.3. The van der Waals surface area contributed by atoms with Crippen LogP contribution in [0.1, 0.15) is 17.3 Å². The molecule has 0 spiro atoms. The highest BCUT2D eigenvalue weighted by molar-refractivity contribution is 7.99. The molecule has 0 aliphatic heterocycles. The molecule has 0 aromatic carbocycles. The SMILES string of the molecule is CCOC(=O)c1ccnc(Sc2nc(N)cc(N)n2)c1N. The molecule has 0 atom stereocenters. The minimum absolute atomic E-state index is 0.200. The molecule has 0 saturated heterocycles. The summed E-state index contributed by atoms with van der Waals surface area (Å²) in [5, 5.41) is 0.679. The number of anilines is 3. The van der Waals surface area contributed by atoms with Crippen molar-refractivity contribution in [2.75, 3.05) is 23.8 Å². The van der Waals surface area contributed by atoms with Gasteiger partial charge >= 0.3 is 5.97 Å². The van der Waals surface area contributed by atoms with Crippen LogP contribution in [0.2, 0.25) is 0 Å². The summed E-state index contributed by atoms with van der Waals surface area (Å²) in [5.41, 5.74) is 17.6. The zero-order valence-corrected chi connectivity index (χ0v) is 12.1. The maximum absolute atomic E-state index is 11.8. The molecule has 0 saturated carbocycles. The van der Waals surface area contributed by atoms with E-state index in [1.54, 1.807) is 6.92 Å². The first kappa shape index (κ1) is 14.9. The first-order valence-corrected chi connectivity index (χ1v) is 6.82. The Morgan fingerprint density at radius 3 is 2.57 bits per heavy atom.